The largest absolute Gasteiger partial charge is 0.457 e. The molecule has 3 rings (SSSR count). The molecule has 28 heavy (non-hydrogen) atoms. The maximum atomic E-state index is 12.4. The Kier molecular flexibility index (Phi) is 5.72. The number of carbonyl (C=O) groups excluding carboxylic acids is 1. The number of ether oxygens (including phenoxy) is 1. The molecule has 7 heteroatoms. The van der Waals surface area contributed by atoms with Gasteiger partial charge in [-0.1, -0.05) is 30.3 Å². The fraction of sp³-hybridized carbons (Fsp3) is 0.0476. The van der Waals surface area contributed by atoms with Gasteiger partial charge in [-0.2, -0.15) is 5.26 Å². The maximum Gasteiger partial charge on any atom is 0.338 e. The number of sulfonamides is 1. The summed E-state index contributed by atoms with van der Waals surface area (Å²) in [4.78, 5) is 12.2. The number of nitrogens with zero attached hydrogens (tertiary/aromatic N) is 1. The van der Waals surface area contributed by atoms with Gasteiger partial charge in [-0.25, -0.2) is 13.2 Å². The Hall–Kier alpha value is -3.63. The van der Waals surface area contributed by atoms with Crippen molar-refractivity contribution < 1.29 is 17.9 Å². The van der Waals surface area contributed by atoms with E-state index >= 15 is 0 Å². The lowest BCUT2D eigenvalue weighted by molar-refractivity contribution is 0.0472. The molecule has 0 radical (unpaired) electrons. The highest BCUT2D eigenvalue weighted by Crippen LogP contribution is 2.17. The summed E-state index contributed by atoms with van der Waals surface area (Å²) < 4.78 is 32.5. The second-order valence-electron chi connectivity index (χ2n) is 5.88. The van der Waals surface area contributed by atoms with Crippen molar-refractivity contribution >= 4 is 21.7 Å². The molecule has 3 aromatic carbocycles. The van der Waals surface area contributed by atoms with Gasteiger partial charge in [0, 0.05) is 5.69 Å². The lowest BCUT2D eigenvalue weighted by Gasteiger charge is -2.09. The number of hydrogen-bond donors (Lipinski definition) is 1. The van der Waals surface area contributed by atoms with E-state index in [2.05, 4.69) is 4.72 Å². The van der Waals surface area contributed by atoms with E-state index in [1.54, 1.807) is 54.6 Å². The van der Waals surface area contributed by atoms with Crippen LogP contribution in [0.2, 0.25) is 0 Å². The molecule has 0 saturated heterocycles. The number of anilines is 1. The van der Waals surface area contributed by atoms with Crippen LogP contribution in [0.3, 0.4) is 0 Å². The molecule has 0 heterocycles. The molecule has 0 unspecified atom stereocenters. The van der Waals surface area contributed by atoms with E-state index in [0.29, 0.717) is 16.8 Å². The molecule has 0 fully saturated rings. The van der Waals surface area contributed by atoms with Crippen LogP contribution in [0, 0.1) is 11.3 Å². The van der Waals surface area contributed by atoms with E-state index in [4.69, 9.17) is 10.00 Å². The minimum atomic E-state index is -3.75. The number of nitrogens with one attached hydrogen (secondary N) is 1. The highest BCUT2D eigenvalue weighted by atomic mass is 32.2. The quantitative estimate of drug-likeness (QED) is 0.645. The van der Waals surface area contributed by atoms with Gasteiger partial charge in [-0.3, -0.25) is 4.72 Å². The van der Waals surface area contributed by atoms with Gasteiger partial charge in [0.05, 0.1) is 22.1 Å². The van der Waals surface area contributed by atoms with Crippen molar-refractivity contribution in [2.45, 2.75) is 11.5 Å². The Morgan fingerprint density at radius 3 is 2.36 bits per heavy atom. The molecule has 0 aromatic heterocycles. The molecule has 0 aliphatic heterocycles. The fourth-order valence-electron chi connectivity index (χ4n) is 2.45. The fourth-order valence-corrected chi connectivity index (χ4v) is 3.51. The van der Waals surface area contributed by atoms with Gasteiger partial charge in [-0.15, -0.1) is 0 Å². The number of rotatable bonds is 6. The summed E-state index contributed by atoms with van der Waals surface area (Å²) in [6, 6.07) is 22.8. The monoisotopic (exact) mass is 392 g/mol. The van der Waals surface area contributed by atoms with E-state index in [-0.39, 0.29) is 17.1 Å². The number of carbonyl (C=O) groups is 1. The molecular formula is C21H16N2O4S. The minimum Gasteiger partial charge on any atom is -0.457 e. The van der Waals surface area contributed by atoms with Gasteiger partial charge in [0.15, 0.2) is 0 Å². The summed E-state index contributed by atoms with van der Waals surface area (Å²) in [6.07, 6.45) is 0. The number of nitriles is 1. The molecule has 0 aliphatic rings. The first kappa shape index (κ1) is 19.1. The number of para-hydroxylation sites is 1. The molecule has 1 N–H and O–H groups in total. The van der Waals surface area contributed by atoms with Crippen molar-refractivity contribution in [3.63, 3.8) is 0 Å². The summed E-state index contributed by atoms with van der Waals surface area (Å²) in [6.45, 7) is 0.0178. The first-order chi connectivity index (χ1) is 13.5. The minimum absolute atomic E-state index is 0.0178. The maximum absolute atomic E-state index is 12.4. The second kappa shape index (κ2) is 8.37. The molecule has 0 bridgehead atoms. The Labute approximate surface area is 163 Å². The lowest BCUT2D eigenvalue weighted by atomic mass is 10.1. The van der Waals surface area contributed by atoms with Crippen LogP contribution in [-0.4, -0.2) is 14.4 Å². The molecule has 0 amide bonds. The van der Waals surface area contributed by atoms with Gasteiger partial charge in [-0.05, 0) is 54.1 Å². The summed E-state index contributed by atoms with van der Waals surface area (Å²) >= 11 is 0. The lowest BCUT2D eigenvalue weighted by Crippen LogP contribution is -2.13. The SMILES string of the molecule is N#Cc1cccc(COC(=O)c2ccc(S(=O)(=O)Nc3ccccc3)cc2)c1. The van der Waals surface area contributed by atoms with Crippen molar-refractivity contribution in [2.24, 2.45) is 0 Å². The highest BCUT2D eigenvalue weighted by molar-refractivity contribution is 7.92. The van der Waals surface area contributed by atoms with Gasteiger partial charge in [0.1, 0.15) is 6.61 Å². The smallest absolute Gasteiger partial charge is 0.338 e. The first-order valence-electron chi connectivity index (χ1n) is 8.32. The van der Waals surface area contributed by atoms with Gasteiger partial charge in [0.2, 0.25) is 0 Å². The highest BCUT2D eigenvalue weighted by Gasteiger charge is 2.15. The summed E-state index contributed by atoms with van der Waals surface area (Å²) in [5.41, 5.74) is 1.85. The Morgan fingerprint density at radius 1 is 0.964 bits per heavy atom. The van der Waals surface area contributed by atoms with E-state index in [0.717, 1.165) is 0 Å². The number of benzene rings is 3. The van der Waals surface area contributed by atoms with Crippen LogP contribution < -0.4 is 4.72 Å². The van der Waals surface area contributed by atoms with Crippen molar-refractivity contribution in [2.75, 3.05) is 4.72 Å². The molecular weight excluding hydrogens is 376 g/mol. The van der Waals surface area contributed by atoms with E-state index in [1.165, 1.54) is 24.3 Å². The van der Waals surface area contributed by atoms with E-state index in [9.17, 15) is 13.2 Å². The first-order valence-corrected chi connectivity index (χ1v) is 9.80. The van der Waals surface area contributed by atoms with Crippen molar-refractivity contribution in [1.82, 2.24) is 0 Å². The summed E-state index contributed by atoms with van der Waals surface area (Å²) in [5.74, 6) is -0.581. The number of hydrogen-bond acceptors (Lipinski definition) is 5. The zero-order valence-electron chi connectivity index (χ0n) is 14.7. The van der Waals surface area contributed by atoms with Crippen molar-refractivity contribution in [1.29, 1.82) is 5.26 Å². The number of esters is 1. The molecule has 0 aliphatic carbocycles. The van der Waals surface area contributed by atoms with Crippen LogP contribution in [0.5, 0.6) is 0 Å². The zero-order valence-corrected chi connectivity index (χ0v) is 15.5. The van der Waals surface area contributed by atoms with Crippen LogP contribution >= 0.6 is 0 Å². The van der Waals surface area contributed by atoms with Crippen LogP contribution in [0.4, 0.5) is 5.69 Å². The Balaban J connectivity index is 1.66. The average molecular weight is 392 g/mol. The van der Waals surface area contributed by atoms with Crippen LogP contribution in [0.1, 0.15) is 21.5 Å². The van der Waals surface area contributed by atoms with E-state index in [1.807, 2.05) is 6.07 Å². The molecule has 0 spiro atoms. The third kappa shape index (κ3) is 4.75. The average Bonchev–Trinajstić information content (AvgIpc) is 2.72. The summed E-state index contributed by atoms with van der Waals surface area (Å²) in [7, 11) is -3.75. The third-order valence-corrected chi connectivity index (χ3v) is 5.25. The van der Waals surface area contributed by atoms with E-state index < -0.39 is 16.0 Å². The van der Waals surface area contributed by atoms with Gasteiger partial charge in [0.25, 0.3) is 10.0 Å². The van der Waals surface area contributed by atoms with Crippen molar-refractivity contribution in [3.8, 4) is 6.07 Å². The molecule has 0 saturated carbocycles. The molecule has 3 aromatic rings. The Bertz CT molecular complexity index is 1120. The Morgan fingerprint density at radius 2 is 1.68 bits per heavy atom. The van der Waals surface area contributed by atoms with Crippen LogP contribution in [0.25, 0.3) is 0 Å². The predicted octanol–water partition coefficient (Wildman–Crippen LogP) is 3.72. The van der Waals surface area contributed by atoms with Crippen LogP contribution in [-0.2, 0) is 21.4 Å². The zero-order chi connectivity index (χ0) is 20.0. The van der Waals surface area contributed by atoms with Gasteiger partial charge >= 0.3 is 5.97 Å². The standard InChI is InChI=1S/C21H16N2O4S/c22-14-16-5-4-6-17(13-16)15-27-21(24)18-9-11-20(12-10-18)28(25,26)23-19-7-2-1-3-8-19/h1-13,23H,15H2. The predicted molar refractivity (Wildman–Crippen MR) is 104 cm³/mol. The second-order valence-corrected chi connectivity index (χ2v) is 7.57. The van der Waals surface area contributed by atoms with Crippen molar-refractivity contribution in [3.05, 3.63) is 95.6 Å². The topological polar surface area (TPSA) is 96.3 Å². The van der Waals surface area contributed by atoms with Gasteiger partial charge < -0.3 is 4.74 Å². The normalized spacial score (nSPS) is 10.7. The molecule has 6 nitrogen and oxygen atoms in total. The summed E-state index contributed by atoms with van der Waals surface area (Å²) in [5, 5.41) is 8.89. The third-order valence-electron chi connectivity index (χ3n) is 3.85. The molecule has 140 valence electrons. The van der Waals surface area contributed by atoms with Crippen LogP contribution in [0.15, 0.2) is 83.8 Å². The molecule has 0 atom stereocenters.